The van der Waals surface area contributed by atoms with E-state index >= 15 is 0 Å². The minimum absolute atomic E-state index is 0.202. The summed E-state index contributed by atoms with van der Waals surface area (Å²) in [5.41, 5.74) is 0. The van der Waals surface area contributed by atoms with Crippen LogP contribution in [0.15, 0.2) is 23.6 Å². The van der Waals surface area contributed by atoms with Crippen molar-refractivity contribution in [2.45, 2.75) is 6.54 Å². The normalized spacial score (nSPS) is 10.7. The highest BCUT2D eigenvalue weighted by atomic mass is 32.1. The molecule has 116 valence electrons. The van der Waals surface area contributed by atoms with E-state index < -0.39 is 0 Å². The van der Waals surface area contributed by atoms with Crippen LogP contribution in [0.3, 0.4) is 0 Å². The lowest BCUT2D eigenvalue weighted by Crippen LogP contribution is -2.23. The summed E-state index contributed by atoms with van der Waals surface area (Å²) in [6.45, 7) is 0.202. The van der Waals surface area contributed by atoms with Gasteiger partial charge in [-0.3, -0.25) is 4.79 Å². The number of carbonyl (C=O) groups is 1. The molecule has 0 fully saturated rings. The summed E-state index contributed by atoms with van der Waals surface area (Å²) in [6.07, 6.45) is 3.25. The smallest absolute Gasteiger partial charge is 0.321 e. The van der Waals surface area contributed by atoms with Gasteiger partial charge < -0.3 is 15.0 Å². The van der Waals surface area contributed by atoms with Gasteiger partial charge in [0.05, 0.1) is 13.7 Å². The second-order valence-corrected chi connectivity index (χ2v) is 5.48. The van der Waals surface area contributed by atoms with Crippen LogP contribution in [0.2, 0.25) is 0 Å². The zero-order valence-corrected chi connectivity index (χ0v) is 13.4. The molecule has 2 rings (SSSR count). The molecule has 0 aliphatic rings. The summed E-state index contributed by atoms with van der Waals surface area (Å²) in [4.78, 5) is 27.0. The topological polar surface area (TPSA) is 80.2 Å². The molecule has 22 heavy (non-hydrogen) atoms. The van der Waals surface area contributed by atoms with E-state index in [4.69, 9.17) is 4.74 Å². The van der Waals surface area contributed by atoms with Crippen molar-refractivity contribution in [3.8, 4) is 6.01 Å². The molecule has 0 radical (unpaired) electrons. The molecule has 0 aromatic carbocycles. The van der Waals surface area contributed by atoms with Crippen LogP contribution in [0.25, 0.3) is 6.08 Å². The van der Waals surface area contributed by atoms with Gasteiger partial charge in [0, 0.05) is 25.0 Å². The summed E-state index contributed by atoms with van der Waals surface area (Å²) >= 11 is 1.57. The third-order valence-electron chi connectivity index (χ3n) is 2.59. The van der Waals surface area contributed by atoms with E-state index in [2.05, 4.69) is 20.3 Å². The van der Waals surface area contributed by atoms with E-state index in [1.165, 1.54) is 13.2 Å². The Bertz CT molecular complexity index is 655. The van der Waals surface area contributed by atoms with Gasteiger partial charge in [0.1, 0.15) is 0 Å². The maximum atomic E-state index is 11.8. The number of amides is 1. The minimum atomic E-state index is -0.209. The van der Waals surface area contributed by atoms with Crippen molar-refractivity contribution in [1.82, 2.24) is 20.3 Å². The Morgan fingerprint density at radius 2 is 2.23 bits per heavy atom. The number of hydrogen-bond donors (Lipinski definition) is 1. The van der Waals surface area contributed by atoms with Gasteiger partial charge in [-0.25, -0.2) is 0 Å². The predicted octanol–water partition coefficient (Wildman–Crippen LogP) is 1.34. The Hall–Kier alpha value is -2.48. The lowest BCUT2D eigenvalue weighted by atomic mass is 10.4. The lowest BCUT2D eigenvalue weighted by molar-refractivity contribution is -0.116. The van der Waals surface area contributed by atoms with E-state index in [0.29, 0.717) is 11.8 Å². The van der Waals surface area contributed by atoms with Crippen LogP contribution in [0.5, 0.6) is 6.01 Å². The Labute approximate surface area is 132 Å². The average molecular weight is 319 g/mol. The molecule has 2 aromatic rings. The van der Waals surface area contributed by atoms with Crippen LogP contribution in [0, 0.1) is 0 Å². The molecule has 1 N–H and O–H groups in total. The number of carbonyl (C=O) groups excluding carboxylic acids is 1. The number of methoxy groups -OCH3 is 1. The maximum Gasteiger partial charge on any atom is 0.321 e. The molecule has 0 aliphatic carbocycles. The van der Waals surface area contributed by atoms with Crippen molar-refractivity contribution in [1.29, 1.82) is 0 Å². The first-order valence-corrected chi connectivity index (χ1v) is 7.42. The van der Waals surface area contributed by atoms with Gasteiger partial charge in [-0.2, -0.15) is 15.0 Å². The second-order valence-electron chi connectivity index (χ2n) is 4.50. The molecule has 0 saturated heterocycles. The first kappa shape index (κ1) is 15.9. The van der Waals surface area contributed by atoms with E-state index in [1.807, 2.05) is 31.6 Å². The molecule has 0 unspecified atom stereocenters. The molecule has 2 aromatic heterocycles. The van der Waals surface area contributed by atoms with Crippen molar-refractivity contribution in [2.24, 2.45) is 0 Å². The molecule has 0 atom stereocenters. The summed E-state index contributed by atoms with van der Waals surface area (Å²) in [5, 5.41) is 4.69. The summed E-state index contributed by atoms with van der Waals surface area (Å²) in [5.74, 6) is 0.706. The zero-order valence-electron chi connectivity index (χ0n) is 12.6. The van der Waals surface area contributed by atoms with Crippen LogP contribution in [-0.4, -0.2) is 42.1 Å². The summed E-state index contributed by atoms with van der Waals surface area (Å²) in [7, 11) is 5.13. The Morgan fingerprint density at radius 3 is 2.86 bits per heavy atom. The quantitative estimate of drug-likeness (QED) is 0.809. The van der Waals surface area contributed by atoms with Crippen molar-refractivity contribution in [3.63, 3.8) is 0 Å². The highest BCUT2D eigenvalue weighted by molar-refractivity contribution is 7.10. The second kappa shape index (κ2) is 7.51. The number of ether oxygens (including phenoxy) is 1. The maximum absolute atomic E-state index is 11.8. The van der Waals surface area contributed by atoms with Crippen LogP contribution in [0.1, 0.15) is 10.7 Å². The highest BCUT2D eigenvalue weighted by Crippen LogP contribution is 2.10. The Balaban J connectivity index is 1.98. The van der Waals surface area contributed by atoms with Gasteiger partial charge in [0.2, 0.25) is 11.9 Å². The fraction of sp³-hybridized carbons (Fsp3) is 0.286. The summed E-state index contributed by atoms with van der Waals surface area (Å²) in [6, 6.07) is 4.09. The van der Waals surface area contributed by atoms with Crippen molar-refractivity contribution < 1.29 is 9.53 Å². The molecule has 1 amide bonds. The van der Waals surface area contributed by atoms with Crippen molar-refractivity contribution >= 4 is 29.3 Å². The number of hydrogen-bond acceptors (Lipinski definition) is 7. The van der Waals surface area contributed by atoms with Crippen LogP contribution < -0.4 is 15.0 Å². The van der Waals surface area contributed by atoms with Crippen molar-refractivity contribution in [2.75, 3.05) is 26.1 Å². The number of nitrogens with one attached hydrogen (secondary N) is 1. The average Bonchev–Trinajstić information content (AvgIpc) is 3.04. The largest absolute Gasteiger partial charge is 0.467 e. The molecule has 0 bridgehead atoms. The first-order valence-electron chi connectivity index (χ1n) is 6.54. The third kappa shape index (κ3) is 4.52. The monoisotopic (exact) mass is 319 g/mol. The van der Waals surface area contributed by atoms with Gasteiger partial charge in [-0.1, -0.05) is 6.07 Å². The third-order valence-corrected chi connectivity index (χ3v) is 3.43. The van der Waals surface area contributed by atoms with Gasteiger partial charge in [0.25, 0.3) is 0 Å². The summed E-state index contributed by atoms with van der Waals surface area (Å²) < 4.78 is 5.03. The number of nitrogens with zero attached hydrogens (tertiary/aromatic N) is 4. The fourth-order valence-electron chi connectivity index (χ4n) is 1.53. The molecule has 0 aliphatic heterocycles. The first-order chi connectivity index (χ1) is 10.6. The minimum Gasteiger partial charge on any atom is -0.467 e. The van der Waals surface area contributed by atoms with Gasteiger partial charge in [0.15, 0.2) is 5.82 Å². The molecular formula is C14H17N5O2S. The van der Waals surface area contributed by atoms with Crippen LogP contribution in [0.4, 0.5) is 5.95 Å². The Morgan fingerprint density at radius 1 is 1.41 bits per heavy atom. The number of anilines is 1. The number of rotatable bonds is 6. The molecule has 7 nitrogen and oxygen atoms in total. The molecule has 8 heteroatoms. The van der Waals surface area contributed by atoms with Crippen molar-refractivity contribution in [3.05, 3.63) is 34.3 Å². The highest BCUT2D eigenvalue weighted by Gasteiger charge is 2.09. The molecule has 0 spiro atoms. The standard InChI is InChI=1S/C14H17N5O2S/c1-19(2)13-16-11(17-14(18-13)21-3)9-15-12(20)7-6-10-5-4-8-22-10/h4-8H,9H2,1-3H3,(H,15,20)/b7-6+. The number of thiophene rings is 1. The molecule has 0 saturated carbocycles. The van der Waals surface area contributed by atoms with Crippen LogP contribution >= 0.6 is 11.3 Å². The fourth-order valence-corrected chi connectivity index (χ4v) is 2.14. The lowest BCUT2D eigenvalue weighted by Gasteiger charge is -2.12. The van der Waals surface area contributed by atoms with E-state index in [-0.39, 0.29) is 18.5 Å². The van der Waals surface area contributed by atoms with Gasteiger partial charge in [-0.05, 0) is 17.5 Å². The predicted molar refractivity (Wildman–Crippen MR) is 85.9 cm³/mol. The Kier molecular flexibility index (Phi) is 5.42. The SMILES string of the molecule is COc1nc(CNC(=O)/C=C/c2cccs2)nc(N(C)C)n1. The number of aromatic nitrogens is 3. The van der Waals surface area contributed by atoms with E-state index in [9.17, 15) is 4.79 Å². The van der Waals surface area contributed by atoms with Gasteiger partial charge >= 0.3 is 6.01 Å². The van der Waals surface area contributed by atoms with Crippen LogP contribution in [-0.2, 0) is 11.3 Å². The zero-order chi connectivity index (χ0) is 15.9. The molecular weight excluding hydrogens is 302 g/mol. The van der Waals surface area contributed by atoms with E-state index in [0.717, 1.165) is 4.88 Å². The van der Waals surface area contributed by atoms with Gasteiger partial charge in [-0.15, -0.1) is 11.3 Å². The molecule has 2 heterocycles. The van der Waals surface area contributed by atoms with E-state index in [1.54, 1.807) is 22.3 Å².